The van der Waals surface area contributed by atoms with Crippen LogP contribution in [0.5, 0.6) is 0 Å². The minimum absolute atomic E-state index is 0.232. The van der Waals surface area contributed by atoms with E-state index in [-0.39, 0.29) is 6.10 Å². The summed E-state index contributed by atoms with van der Waals surface area (Å²) in [5.41, 5.74) is 2.27. The predicted octanol–water partition coefficient (Wildman–Crippen LogP) is 1.81. The standard InChI is InChI=1S/C11H14O2S/c1-8-3-4-9(2)11(5-8)14(12)7-10-6-13-10/h3-5,10H,6-7H2,1-2H3/t10-,14?/m0/s1. The van der Waals surface area contributed by atoms with Gasteiger partial charge in [0.2, 0.25) is 0 Å². The fraction of sp³-hybridized carbons (Fsp3) is 0.455. The second kappa shape index (κ2) is 3.83. The van der Waals surface area contributed by atoms with Crippen molar-refractivity contribution in [3.05, 3.63) is 29.3 Å². The lowest BCUT2D eigenvalue weighted by atomic mass is 10.2. The van der Waals surface area contributed by atoms with Gasteiger partial charge in [-0.2, -0.15) is 0 Å². The van der Waals surface area contributed by atoms with Crippen LogP contribution in [-0.4, -0.2) is 22.7 Å². The number of epoxide rings is 1. The van der Waals surface area contributed by atoms with Gasteiger partial charge in [0.05, 0.1) is 29.3 Å². The summed E-state index contributed by atoms with van der Waals surface area (Å²) in [5.74, 6) is 0.643. The van der Waals surface area contributed by atoms with Crippen molar-refractivity contribution < 1.29 is 8.95 Å². The maximum Gasteiger partial charge on any atom is 0.0928 e. The number of aryl methyl sites for hydroxylation is 2. The van der Waals surface area contributed by atoms with Crippen LogP contribution < -0.4 is 0 Å². The van der Waals surface area contributed by atoms with Crippen LogP contribution in [0.1, 0.15) is 11.1 Å². The Morgan fingerprint density at radius 2 is 2.21 bits per heavy atom. The van der Waals surface area contributed by atoms with Crippen molar-refractivity contribution in [1.29, 1.82) is 0 Å². The third-order valence-corrected chi connectivity index (χ3v) is 3.93. The van der Waals surface area contributed by atoms with Crippen molar-refractivity contribution in [3.8, 4) is 0 Å². The van der Waals surface area contributed by atoms with E-state index < -0.39 is 10.8 Å². The van der Waals surface area contributed by atoms with E-state index in [1.807, 2.05) is 32.0 Å². The molecule has 1 fully saturated rings. The molecule has 76 valence electrons. The first kappa shape index (κ1) is 9.87. The normalized spacial score (nSPS) is 22.0. The molecule has 0 spiro atoms. The van der Waals surface area contributed by atoms with E-state index in [1.54, 1.807) is 0 Å². The average Bonchev–Trinajstić information content (AvgIpc) is 2.93. The van der Waals surface area contributed by atoms with Crippen molar-refractivity contribution in [1.82, 2.24) is 0 Å². The molecule has 14 heavy (non-hydrogen) atoms. The molecule has 1 unspecified atom stereocenters. The van der Waals surface area contributed by atoms with E-state index in [9.17, 15) is 4.21 Å². The van der Waals surface area contributed by atoms with Crippen LogP contribution in [-0.2, 0) is 15.5 Å². The van der Waals surface area contributed by atoms with Gasteiger partial charge in [-0.05, 0) is 31.0 Å². The van der Waals surface area contributed by atoms with E-state index in [0.29, 0.717) is 5.75 Å². The molecular formula is C11H14O2S. The zero-order chi connectivity index (χ0) is 10.1. The molecule has 1 heterocycles. The van der Waals surface area contributed by atoms with Crippen LogP contribution in [0.15, 0.2) is 23.1 Å². The van der Waals surface area contributed by atoms with Gasteiger partial charge in [-0.1, -0.05) is 12.1 Å². The van der Waals surface area contributed by atoms with Crippen molar-refractivity contribution in [2.75, 3.05) is 12.4 Å². The lowest BCUT2D eigenvalue weighted by Gasteiger charge is -2.05. The largest absolute Gasteiger partial charge is 0.372 e. The summed E-state index contributed by atoms with van der Waals surface area (Å²) >= 11 is 0. The van der Waals surface area contributed by atoms with Crippen molar-refractivity contribution in [2.45, 2.75) is 24.8 Å². The molecule has 0 aromatic heterocycles. The van der Waals surface area contributed by atoms with Gasteiger partial charge in [0.1, 0.15) is 0 Å². The average molecular weight is 210 g/mol. The molecular weight excluding hydrogens is 196 g/mol. The number of benzene rings is 1. The van der Waals surface area contributed by atoms with Crippen molar-refractivity contribution in [2.24, 2.45) is 0 Å². The summed E-state index contributed by atoms with van der Waals surface area (Å²) in [5, 5.41) is 0. The summed E-state index contributed by atoms with van der Waals surface area (Å²) in [6.45, 7) is 4.80. The molecule has 2 nitrogen and oxygen atoms in total. The first-order valence-electron chi connectivity index (χ1n) is 4.74. The van der Waals surface area contributed by atoms with Gasteiger partial charge in [0.15, 0.2) is 0 Å². The van der Waals surface area contributed by atoms with Gasteiger partial charge in [-0.3, -0.25) is 4.21 Å². The Labute approximate surface area is 86.7 Å². The van der Waals surface area contributed by atoms with Crippen molar-refractivity contribution >= 4 is 10.8 Å². The molecule has 1 aromatic carbocycles. The second-order valence-electron chi connectivity index (χ2n) is 3.74. The molecule has 0 aliphatic carbocycles. The van der Waals surface area contributed by atoms with Crippen LogP contribution in [0.2, 0.25) is 0 Å². The quantitative estimate of drug-likeness (QED) is 0.712. The lowest BCUT2D eigenvalue weighted by Crippen LogP contribution is -2.05. The highest BCUT2D eigenvalue weighted by Gasteiger charge is 2.26. The van der Waals surface area contributed by atoms with Gasteiger partial charge < -0.3 is 4.74 Å². The maximum atomic E-state index is 11.9. The highest BCUT2D eigenvalue weighted by atomic mass is 32.2. The number of ether oxygens (including phenoxy) is 1. The van der Waals surface area contributed by atoms with E-state index in [4.69, 9.17) is 4.74 Å². The SMILES string of the molecule is Cc1ccc(C)c(S(=O)C[C@@H]2CO2)c1. The molecule has 2 rings (SSSR count). The molecule has 0 bridgehead atoms. The lowest BCUT2D eigenvalue weighted by molar-refractivity contribution is 0.424. The van der Waals surface area contributed by atoms with Gasteiger partial charge >= 0.3 is 0 Å². The molecule has 1 aliphatic rings. The predicted molar refractivity (Wildman–Crippen MR) is 56.9 cm³/mol. The van der Waals surface area contributed by atoms with Crippen LogP contribution in [0.4, 0.5) is 0 Å². The number of rotatable bonds is 3. The highest BCUT2D eigenvalue weighted by molar-refractivity contribution is 7.85. The summed E-state index contributed by atoms with van der Waals surface area (Å²) in [6.07, 6.45) is 0.232. The van der Waals surface area contributed by atoms with Crippen LogP contribution in [0.25, 0.3) is 0 Å². The second-order valence-corrected chi connectivity index (χ2v) is 5.20. The summed E-state index contributed by atoms with van der Waals surface area (Å²) < 4.78 is 17.0. The third kappa shape index (κ3) is 2.22. The summed E-state index contributed by atoms with van der Waals surface area (Å²) in [7, 11) is -0.898. The fourth-order valence-electron chi connectivity index (χ4n) is 1.38. The fourth-order valence-corrected chi connectivity index (χ4v) is 2.83. The van der Waals surface area contributed by atoms with Crippen molar-refractivity contribution in [3.63, 3.8) is 0 Å². The first-order chi connectivity index (χ1) is 6.66. The monoisotopic (exact) mass is 210 g/mol. The Morgan fingerprint density at radius 3 is 2.86 bits per heavy atom. The molecule has 0 saturated carbocycles. The first-order valence-corrected chi connectivity index (χ1v) is 6.06. The minimum Gasteiger partial charge on any atom is -0.372 e. The van der Waals surface area contributed by atoms with E-state index in [2.05, 4.69) is 0 Å². The Hall–Kier alpha value is -0.670. The minimum atomic E-state index is -0.898. The van der Waals surface area contributed by atoms with Gasteiger partial charge in [0, 0.05) is 4.90 Å². The van der Waals surface area contributed by atoms with Crippen LogP contribution in [0.3, 0.4) is 0 Å². The van der Waals surface area contributed by atoms with Crippen LogP contribution in [0, 0.1) is 13.8 Å². The molecule has 2 atom stereocenters. The Bertz CT molecular complexity index is 370. The molecule has 1 saturated heterocycles. The molecule has 1 aromatic rings. The van der Waals surface area contributed by atoms with Gasteiger partial charge in [0.25, 0.3) is 0 Å². The Kier molecular flexibility index (Phi) is 2.70. The number of hydrogen-bond acceptors (Lipinski definition) is 2. The number of hydrogen-bond donors (Lipinski definition) is 0. The highest BCUT2D eigenvalue weighted by Crippen LogP contribution is 2.19. The summed E-state index contributed by atoms with van der Waals surface area (Å²) in [6, 6.07) is 6.08. The zero-order valence-electron chi connectivity index (χ0n) is 8.45. The Balaban J connectivity index is 2.20. The maximum absolute atomic E-state index is 11.9. The third-order valence-electron chi connectivity index (χ3n) is 2.33. The van der Waals surface area contributed by atoms with Gasteiger partial charge in [-0.15, -0.1) is 0 Å². The molecule has 0 radical (unpaired) electrons. The Morgan fingerprint density at radius 1 is 1.50 bits per heavy atom. The van der Waals surface area contributed by atoms with Crippen LogP contribution >= 0.6 is 0 Å². The van der Waals surface area contributed by atoms with Gasteiger partial charge in [-0.25, -0.2) is 0 Å². The molecule has 1 aliphatic heterocycles. The topological polar surface area (TPSA) is 29.6 Å². The van der Waals surface area contributed by atoms with E-state index in [1.165, 1.54) is 0 Å². The molecule has 3 heteroatoms. The summed E-state index contributed by atoms with van der Waals surface area (Å²) in [4.78, 5) is 0.959. The van der Waals surface area contributed by atoms with E-state index in [0.717, 1.165) is 22.6 Å². The molecule has 0 amide bonds. The van der Waals surface area contributed by atoms with E-state index >= 15 is 0 Å². The molecule has 0 N–H and O–H groups in total. The zero-order valence-corrected chi connectivity index (χ0v) is 9.26. The smallest absolute Gasteiger partial charge is 0.0928 e.